The van der Waals surface area contributed by atoms with Gasteiger partial charge in [0.05, 0.1) is 17.8 Å². The van der Waals surface area contributed by atoms with Gasteiger partial charge in [-0.15, -0.1) is 0 Å². The van der Waals surface area contributed by atoms with Gasteiger partial charge in [0.2, 0.25) is 0 Å². The second-order valence-corrected chi connectivity index (χ2v) is 3.68. The summed E-state index contributed by atoms with van der Waals surface area (Å²) in [5.74, 6) is 0.995. The number of carbonyl (C=O) groups is 1. The summed E-state index contributed by atoms with van der Waals surface area (Å²) in [7, 11) is 0. The van der Waals surface area contributed by atoms with Crippen molar-refractivity contribution in [1.29, 1.82) is 5.26 Å². The van der Waals surface area contributed by atoms with Gasteiger partial charge in [-0.1, -0.05) is 6.07 Å². The van der Waals surface area contributed by atoms with E-state index in [0.717, 1.165) is 0 Å². The molecule has 0 aliphatic carbocycles. The van der Waals surface area contributed by atoms with Crippen LogP contribution in [0.3, 0.4) is 0 Å². The molecule has 0 radical (unpaired) electrons. The third-order valence-corrected chi connectivity index (χ3v) is 2.30. The molecule has 0 atom stereocenters. The number of nitriles is 1. The minimum atomic E-state index is -0.0898. The molecule has 0 bridgehead atoms. The zero-order valence-electron chi connectivity index (χ0n) is 9.75. The van der Waals surface area contributed by atoms with Crippen molar-refractivity contribution in [2.45, 2.75) is 6.92 Å². The van der Waals surface area contributed by atoms with E-state index in [1.165, 1.54) is 13.1 Å². The third-order valence-electron chi connectivity index (χ3n) is 2.30. The largest absolute Gasteiger partial charge is 0.456 e. The van der Waals surface area contributed by atoms with Crippen molar-refractivity contribution in [3.05, 3.63) is 53.9 Å². The molecular formula is C14H10N2O2. The van der Waals surface area contributed by atoms with Gasteiger partial charge in [-0.05, 0) is 30.3 Å². The quantitative estimate of drug-likeness (QED) is 0.771. The van der Waals surface area contributed by atoms with E-state index in [0.29, 0.717) is 22.8 Å². The maximum absolute atomic E-state index is 11.1. The Kier molecular flexibility index (Phi) is 3.35. The zero-order valence-corrected chi connectivity index (χ0v) is 9.75. The first-order valence-corrected chi connectivity index (χ1v) is 5.34. The summed E-state index contributed by atoms with van der Waals surface area (Å²) in [5, 5.41) is 8.77. The lowest BCUT2D eigenvalue weighted by molar-refractivity contribution is 0.101. The molecule has 1 aromatic heterocycles. The Bertz CT molecular complexity index is 612. The summed E-state index contributed by atoms with van der Waals surface area (Å²) >= 11 is 0. The topological polar surface area (TPSA) is 63.0 Å². The summed E-state index contributed by atoms with van der Waals surface area (Å²) in [5.41, 5.74) is 0.925. The van der Waals surface area contributed by atoms with Crippen LogP contribution in [0, 0.1) is 11.3 Å². The van der Waals surface area contributed by atoms with Gasteiger partial charge in [-0.3, -0.25) is 4.79 Å². The van der Waals surface area contributed by atoms with Crippen LogP contribution in [0.5, 0.6) is 11.5 Å². The lowest BCUT2D eigenvalue weighted by Crippen LogP contribution is -1.96. The van der Waals surface area contributed by atoms with Crippen LogP contribution in [-0.4, -0.2) is 10.8 Å². The molecule has 0 aliphatic heterocycles. The van der Waals surface area contributed by atoms with Crippen molar-refractivity contribution in [2.75, 3.05) is 0 Å². The normalized spacial score (nSPS) is 9.56. The molecule has 18 heavy (non-hydrogen) atoms. The van der Waals surface area contributed by atoms with Crippen LogP contribution in [-0.2, 0) is 0 Å². The fourth-order valence-corrected chi connectivity index (χ4v) is 1.41. The van der Waals surface area contributed by atoms with Crippen LogP contribution in [0.4, 0.5) is 0 Å². The number of pyridine rings is 1. The van der Waals surface area contributed by atoms with E-state index in [1.807, 2.05) is 6.07 Å². The van der Waals surface area contributed by atoms with Gasteiger partial charge in [0.1, 0.15) is 17.2 Å². The summed E-state index contributed by atoms with van der Waals surface area (Å²) in [6.07, 6.45) is 1.48. The fraction of sp³-hybridized carbons (Fsp3) is 0.0714. The first kappa shape index (κ1) is 11.8. The molecule has 2 aromatic rings. The molecule has 1 aromatic carbocycles. The highest BCUT2D eigenvalue weighted by molar-refractivity contribution is 5.92. The summed E-state index contributed by atoms with van der Waals surface area (Å²) in [6, 6.07) is 12.1. The van der Waals surface area contributed by atoms with Gasteiger partial charge in [-0.2, -0.15) is 5.26 Å². The SMILES string of the molecule is CC(=O)c1ccc(Oc2cccc(C#N)c2)cn1. The van der Waals surface area contributed by atoms with Crippen molar-refractivity contribution in [1.82, 2.24) is 4.98 Å². The lowest BCUT2D eigenvalue weighted by Gasteiger charge is -2.05. The highest BCUT2D eigenvalue weighted by atomic mass is 16.5. The fourth-order valence-electron chi connectivity index (χ4n) is 1.41. The summed E-state index contributed by atoms with van der Waals surface area (Å²) in [6.45, 7) is 1.46. The van der Waals surface area contributed by atoms with Crippen LogP contribution in [0.1, 0.15) is 23.0 Å². The first-order chi connectivity index (χ1) is 8.69. The molecule has 0 aliphatic rings. The van der Waals surface area contributed by atoms with Crippen molar-refractivity contribution in [2.24, 2.45) is 0 Å². The van der Waals surface area contributed by atoms with Crippen molar-refractivity contribution < 1.29 is 9.53 Å². The summed E-state index contributed by atoms with van der Waals surface area (Å²) in [4.78, 5) is 15.0. The van der Waals surface area contributed by atoms with Crippen LogP contribution in [0.15, 0.2) is 42.6 Å². The third kappa shape index (κ3) is 2.71. The molecule has 2 rings (SSSR count). The minimum Gasteiger partial charge on any atom is -0.456 e. The Morgan fingerprint density at radius 3 is 2.72 bits per heavy atom. The number of ketones is 1. The maximum Gasteiger partial charge on any atom is 0.178 e. The Hall–Kier alpha value is -2.67. The molecule has 0 spiro atoms. The Balaban J connectivity index is 2.18. The molecule has 1 heterocycles. The number of ether oxygens (including phenoxy) is 1. The first-order valence-electron chi connectivity index (χ1n) is 5.34. The average molecular weight is 238 g/mol. The minimum absolute atomic E-state index is 0.0898. The van der Waals surface area contributed by atoms with Gasteiger partial charge < -0.3 is 4.74 Å². The highest BCUT2D eigenvalue weighted by Crippen LogP contribution is 2.21. The molecule has 0 saturated carbocycles. The molecular weight excluding hydrogens is 228 g/mol. The van der Waals surface area contributed by atoms with Crippen molar-refractivity contribution in [3.63, 3.8) is 0 Å². The summed E-state index contributed by atoms with van der Waals surface area (Å²) < 4.78 is 5.53. The number of hydrogen-bond acceptors (Lipinski definition) is 4. The van der Waals surface area contributed by atoms with Crippen LogP contribution in [0.25, 0.3) is 0 Å². The van der Waals surface area contributed by atoms with Crippen LogP contribution < -0.4 is 4.74 Å². The number of rotatable bonds is 3. The molecule has 0 saturated heterocycles. The van der Waals surface area contributed by atoms with E-state index >= 15 is 0 Å². The highest BCUT2D eigenvalue weighted by Gasteiger charge is 2.02. The number of nitrogens with zero attached hydrogens (tertiary/aromatic N) is 2. The van der Waals surface area contributed by atoms with Gasteiger partial charge in [-0.25, -0.2) is 4.98 Å². The average Bonchev–Trinajstić information content (AvgIpc) is 2.39. The lowest BCUT2D eigenvalue weighted by atomic mass is 10.2. The molecule has 88 valence electrons. The van der Waals surface area contributed by atoms with Crippen molar-refractivity contribution in [3.8, 4) is 17.6 Å². The molecule has 0 unspecified atom stereocenters. The smallest absolute Gasteiger partial charge is 0.178 e. The van der Waals surface area contributed by atoms with E-state index in [9.17, 15) is 4.79 Å². The molecule has 4 nitrogen and oxygen atoms in total. The van der Waals surface area contributed by atoms with Gasteiger partial charge in [0.25, 0.3) is 0 Å². The van der Waals surface area contributed by atoms with E-state index in [2.05, 4.69) is 4.98 Å². The van der Waals surface area contributed by atoms with E-state index in [-0.39, 0.29) is 5.78 Å². The van der Waals surface area contributed by atoms with Gasteiger partial charge in [0.15, 0.2) is 5.78 Å². The van der Waals surface area contributed by atoms with Crippen molar-refractivity contribution >= 4 is 5.78 Å². The number of carbonyl (C=O) groups excluding carboxylic acids is 1. The Morgan fingerprint density at radius 2 is 2.11 bits per heavy atom. The Morgan fingerprint density at radius 1 is 1.28 bits per heavy atom. The number of benzene rings is 1. The van der Waals surface area contributed by atoms with Crippen LogP contribution >= 0.6 is 0 Å². The number of hydrogen-bond donors (Lipinski definition) is 0. The van der Waals surface area contributed by atoms with E-state index in [1.54, 1.807) is 36.4 Å². The molecule has 0 N–H and O–H groups in total. The standard InChI is InChI=1S/C14H10N2O2/c1-10(17)14-6-5-13(9-16-14)18-12-4-2-3-11(7-12)8-15/h2-7,9H,1H3. The van der Waals surface area contributed by atoms with Crippen LogP contribution in [0.2, 0.25) is 0 Å². The van der Waals surface area contributed by atoms with Gasteiger partial charge >= 0.3 is 0 Å². The molecule has 0 fully saturated rings. The molecule has 4 heteroatoms. The van der Waals surface area contributed by atoms with E-state index < -0.39 is 0 Å². The number of aromatic nitrogens is 1. The zero-order chi connectivity index (χ0) is 13.0. The second-order valence-electron chi connectivity index (χ2n) is 3.68. The van der Waals surface area contributed by atoms with Gasteiger partial charge in [0, 0.05) is 6.92 Å². The predicted octanol–water partition coefficient (Wildman–Crippen LogP) is 2.95. The van der Waals surface area contributed by atoms with E-state index in [4.69, 9.17) is 10.00 Å². The Labute approximate surface area is 104 Å². The maximum atomic E-state index is 11.1. The monoisotopic (exact) mass is 238 g/mol. The second kappa shape index (κ2) is 5.11. The number of Topliss-reactive ketones (excluding diaryl/α,β-unsaturated/α-hetero) is 1. The predicted molar refractivity (Wildman–Crippen MR) is 65.5 cm³/mol. The molecule has 0 amide bonds.